The molecule has 54 valence electrons. The Morgan fingerprint density at radius 2 is 0.625 bits per heavy atom. The number of hydrogen-bond donors (Lipinski definition) is 6. The number of rotatable bonds is 0. The van der Waals surface area contributed by atoms with Crippen LogP contribution < -0.4 is 0 Å². The Morgan fingerprint density at radius 3 is 0.625 bits per heavy atom. The zero-order valence-corrected chi connectivity index (χ0v) is 5.27. The molecule has 0 bridgehead atoms. The molecule has 0 aliphatic carbocycles. The van der Waals surface area contributed by atoms with Crippen LogP contribution in [0.5, 0.6) is 0 Å². The molecule has 8 heavy (non-hydrogen) atoms. The summed E-state index contributed by atoms with van der Waals surface area (Å²) in [6.07, 6.45) is 0. The first-order chi connectivity index (χ1) is 2.45. The summed E-state index contributed by atoms with van der Waals surface area (Å²) in [7, 11) is 0. The molecule has 0 aromatic rings. The molecule has 8 heteroatoms. The molecule has 0 aliphatic rings. The Labute approximate surface area is 67.5 Å². The fourth-order valence-electron chi connectivity index (χ4n) is 0. The molecule has 0 atom stereocenters. The SMILES string of the molecule is [NaH].[OH][Pt]([OH])([OH])([OH])([OH])[OH]. The average molecular weight is 321 g/mol. The minimum atomic E-state index is -8.12. The summed E-state index contributed by atoms with van der Waals surface area (Å²) in [6.45, 7) is 0. The van der Waals surface area contributed by atoms with Crippen LogP contribution in [-0.2, 0) is 15.8 Å². The molecule has 0 aliphatic heterocycles. The molecule has 0 saturated carbocycles. The van der Waals surface area contributed by atoms with Crippen LogP contribution in [0.25, 0.3) is 0 Å². The van der Waals surface area contributed by atoms with Gasteiger partial charge in [0.2, 0.25) is 0 Å². The molecule has 0 heterocycles. The predicted molar refractivity (Wildman–Crippen MR) is 20.5 cm³/mol. The average Bonchev–Trinajstić information content (AvgIpc) is 0.592. The summed E-state index contributed by atoms with van der Waals surface area (Å²) in [5.74, 6) is 0. The maximum absolute atomic E-state index is 8.12. The van der Waals surface area contributed by atoms with Gasteiger partial charge in [0.1, 0.15) is 0 Å². The van der Waals surface area contributed by atoms with Crippen molar-refractivity contribution in [3.8, 4) is 0 Å². The standard InChI is InChI=1S/Na.6H2O.Pt.H/h;6*1H2;;/q;;;;;;;+6;/p-6. The molecule has 0 amide bonds. The fourth-order valence-corrected chi connectivity index (χ4v) is 0. The molecule has 6 N–H and O–H groups in total. The predicted octanol–water partition coefficient (Wildman–Crippen LogP) is -3.99. The number of hydrogen-bond acceptors (Lipinski definition) is 6. The Balaban J connectivity index is 0. The van der Waals surface area contributed by atoms with Gasteiger partial charge in [-0.3, -0.25) is 0 Å². The van der Waals surface area contributed by atoms with Gasteiger partial charge in [0, 0.05) is 0 Å². The van der Waals surface area contributed by atoms with Crippen molar-refractivity contribution >= 4 is 29.6 Å². The van der Waals surface area contributed by atoms with E-state index in [0.717, 1.165) is 0 Å². The molecular formula is H7NaO6Pt. The van der Waals surface area contributed by atoms with Crippen LogP contribution in [0.3, 0.4) is 0 Å². The summed E-state index contributed by atoms with van der Waals surface area (Å²) in [5, 5.41) is 0. The van der Waals surface area contributed by atoms with Crippen LogP contribution in [0, 0.1) is 0 Å². The third-order valence-corrected chi connectivity index (χ3v) is 0. The summed E-state index contributed by atoms with van der Waals surface area (Å²) < 4.78 is 44.5. The van der Waals surface area contributed by atoms with Gasteiger partial charge in [-0.2, -0.15) is 0 Å². The van der Waals surface area contributed by atoms with Crippen molar-refractivity contribution in [1.29, 1.82) is 0 Å². The second kappa shape index (κ2) is 1.73. The molecule has 0 rings (SSSR count). The van der Waals surface area contributed by atoms with Gasteiger partial charge in [-0.1, -0.05) is 0 Å². The van der Waals surface area contributed by atoms with Crippen LogP contribution in [0.2, 0.25) is 0 Å². The molecule has 0 unspecified atom stereocenters. The first-order valence-corrected chi connectivity index (χ1v) is 6.95. The van der Waals surface area contributed by atoms with Gasteiger partial charge in [-0.25, -0.2) is 0 Å². The van der Waals surface area contributed by atoms with Gasteiger partial charge in [-0.05, 0) is 0 Å². The summed E-state index contributed by atoms with van der Waals surface area (Å²) in [5.41, 5.74) is 0. The molecule has 0 fully saturated rings. The Hall–Kier alpha value is 1.45. The van der Waals surface area contributed by atoms with Gasteiger partial charge in [0.15, 0.2) is 0 Å². The Morgan fingerprint density at radius 1 is 0.625 bits per heavy atom. The molecule has 6 nitrogen and oxygen atoms in total. The van der Waals surface area contributed by atoms with Gasteiger partial charge in [0.25, 0.3) is 0 Å². The zero-order chi connectivity index (χ0) is 6.41. The van der Waals surface area contributed by atoms with E-state index in [1.165, 1.54) is 0 Å². The monoisotopic (exact) mass is 321 g/mol. The van der Waals surface area contributed by atoms with E-state index in [2.05, 4.69) is 0 Å². The summed E-state index contributed by atoms with van der Waals surface area (Å²) in [6, 6.07) is 0. The third kappa shape index (κ3) is 148. The minimum absolute atomic E-state index is 0. The van der Waals surface area contributed by atoms with Crippen LogP contribution in [-0.4, -0.2) is 52.1 Å². The van der Waals surface area contributed by atoms with Gasteiger partial charge < -0.3 is 0 Å². The van der Waals surface area contributed by atoms with E-state index in [4.69, 9.17) is 22.6 Å². The van der Waals surface area contributed by atoms with E-state index < -0.39 is 15.8 Å². The molecule has 0 aromatic heterocycles. The van der Waals surface area contributed by atoms with E-state index in [1.807, 2.05) is 0 Å². The second-order valence-electron chi connectivity index (χ2n) is 0.949. The van der Waals surface area contributed by atoms with E-state index in [9.17, 15) is 0 Å². The third-order valence-electron chi connectivity index (χ3n) is 0. The van der Waals surface area contributed by atoms with E-state index in [1.54, 1.807) is 0 Å². The summed E-state index contributed by atoms with van der Waals surface area (Å²) >= 11 is -8.12. The first kappa shape index (κ1) is 12.2. The van der Waals surface area contributed by atoms with E-state index in [-0.39, 0.29) is 29.6 Å². The van der Waals surface area contributed by atoms with Crippen molar-refractivity contribution in [1.82, 2.24) is 0 Å². The molecule has 0 spiro atoms. The van der Waals surface area contributed by atoms with Crippen LogP contribution in [0.4, 0.5) is 0 Å². The van der Waals surface area contributed by atoms with E-state index in [0.29, 0.717) is 0 Å². The van der Waals surface area contributed by atoms with Crippen molar-refractivity contribution in [2.24, 2.45) is 0 Å². The first-order valence-electron chi connectivity index (χ1n) is 0.849. The van der Waals surface area contributed by atoms with Crippen LogP contribution >= 0.6 is 0 Å². The zero-order valence-electron chi connectivity index (χ0n) is 3.00. The topological polar surface area (TPSA) is 121 Å². The van der Waals surface area contributed by atoms with Crippen molar-refractivity contribution in [3.63, 3.8) is 0 Å². The maximum atomic E-state index is 7.41. The second-order valence-corrected chi connectivity index (χ2v) is 7.77. The normalized spacial score (nSPS) is 20.2. The fraction of sp³-hybridized carbons (Fsp3) is 0. The van der Waals surface area contributed by atoms with Gasteiger partial charge >= 0.3 is 68.0 Å². The van der Waals surface area contributed by atoms with Gasteiger partial charge in [-0.15, -0.1) is 0 Å². The van der Waals surface area contributed by atoms with Gasteiger partial charge in [0.05, 0.1) is 0 Å². The Bertz CT molecular complexity index is 67.1. The molecular weight excluding hydrogens is 314 g/mol. The van der Waals surface area contributed by atoms with E-state index >= 15 is 0 Å². The van der Waals surface area contributed by atoms with Crippen LogP contribution in [0.15, 0.2) is 0 Å². The summed E-state index contributed by atoms with van der Waals surface area (Å²) in [4.78, 5) is 0. The van der Waals surface area contributed by atoms with Crippen molar-refractivity contribution in [2.45, 2.75) is 0 Å². The van der Waals surface area contributed by atoms with Crippen LogP contribution in [0.1, 0.15) is 0 Å². The Kier molecular flexibility index (Phi) is 2.63. The quantitative estimate of drug-likeness (QED) is 0.253. The van der Waals surface area contributed by atoms with Crippen molar-refractivity contribution < 1.29 is 38.4 Å². The molecule has 0 radical (unpaired) electrons. The molecule has 0 aromatic carbocycles. The van der Waals surface area contributed by atoms with Crippen molar-refractivity contribution in [3.05, 3.63) is 0 Å². The molecule has 0 saturated heterocycles. The van der Waals surface area contributed by atoms with Crippen molar-refractivity contribution in [2.75, 3.05) is 0 Å².